The quantitative estimate of drug-likeness (QED) is 0.337. The van der Waals surface area contributed by atoms with Crippen LogP contribution >= 0.6 is 11.3 Å². The lowest BCUT2D eigenvalue weighted by Gasteiger charge is -2.36. The third-order valence-electron chi connectivity index (χ3n) is 8.21. The second-order valence-corrected chi connectivity index (χ2v) is 15.2. The third kappa shape index (κ3) is 6.41. The van der Waals surface area contributed by atoms with Crippen molar-refractivity contribution < 1.29 is 17.5 Å². The van der Waals surface area contributed by atoms with Crippen LogP contribution in [0.5, 0.6) is 5.88 Å². The maximum atomic E-state index is 14.6. The molecule has 0 atom stereocenters. The second-order valence-electron chi connectivity index (χ2n) is 11.8. The minimum Gasteiger partial charge on any atom is -0.481 e. The Balaban J connectivity index is 1.57. The number of ether oxygens (including phenoxy) is 1. The molecule has 40 heavy (non-hydrogen) atoms. The van der Waals surface area contributed by atoms with Crippen LogP contribution in [0, 0.1) is 12.8 Å². The summed E-state index contributed by atoms with van der Waals surface area (Å²) >= 11 is 1.67. The summed E-state index contributed by atoms with van der Waals surface area (Å²) in [5, 5.41) is 0. The van der Waals surface area contributed by atoms with Gasteiger partial charge in [-0.05, 0) is 77.9 Å². The summed E-state index contributed by atoms with van der Waals surface area (Å²) in [6.45, 7) is 9.84. The molecule has 0 amide bonds. The number of piperidine rings is 2. The standard InChI is InChI=1S/C29H40FN5O3S2/c1-19-23(17-34-13-9-22(10-14-34)29(2,3)30)25-26(39-19)24(32-28(33-25)35-11-7-6-8-12-35)20-15-21(18-40(5,36)37)27(38-4)31-16-20/h15-16,22H,6-14,17-18H2,1-5H3. The zero-order valence-corrected chi connectivity index (χ0v) is 25.8. The number of alkyl halides is 1. The number of hydrogen-bond acceptors (Lipinski definition) is 9. The van der Waals surface area contributed by atoms with Crippen LogP contribution in [-0.4, -0.2) is 73.5 Å². The van der Waals surface area contributed by atoms with E-state index in [0.29, 0.717) is 17.4 Å². The van der Waals surface area contributed by atoms with E-state index in [1.54, 1.807) is 31.4 Å². The maximum Gasteiger partial charge on any atom is 0.226 e. The zero-order valence-electron chi connectivity index (χ0n) is 24.2. The molecule has 8 nitrogen and oxygen atoms in total. The van der Waals surface area contributed by atoms with E-state index in [9.17, 15) is 12.8 Å². The summed E-state index contributed by atoms with van der Waals surface area (Å²) in [6, 6.07) is 1.84. The lowest BCUT2D eigenvalue weighted by Crippen LogP contribution is -2.39. The van der Waals surface area contributed by atoms with E-state index in [1.807, 2.05) is 6.07 Å². The summed E-state index contributed by atoms with van der Waals surface area (Å²) in [5.74, 6) is 0.940. The highest BCUT2D eigenvalue weighted by Crippen LogP contribution is 2.40. The first-order valence-corrected chi connectivity index (χ1v) is 17.0. The van der Waals surface area contributed by atoms with Crippen molar-refractivity contribution in [3.8, 4) is 17.1 Å². The van der Waals surface area contributed by atoms with Crippen molar-refractivity contribution in [2.24, 2.45) is 5.92 Å². The predicted octanol–water partition coefficient (Wildman–Crippen LogP) is 5.57. The number of methoxy groups -OCH3 is 1. The highest BCUT2D eigenvalue weighted by Gasteiger charge is 2.33. The molecule has 5 rings (SSSR count). The van der Waals surface area contributed by atoms with Crippen LogP contribution in [0.4, 0.5) is 10.3 Å². The largest absolute Gasteiger partial charge is 0.481 e. The van der Waals surface area contributed by atoms with Gasteiger partial charge in [-0.2, -0.15) is 0 Å². The van der Waals surface area contributed by atoms with E-state index in [2.05, 4.69) is 21.7 Å². The topological polar surface area (TPSA) is 88.5 Å². The van der Waals surface area contributed by atoms with Crippen molar-refractivity contribution >= 4 is 37.3 Å². The molecular weight excluding hydrogens is 549 g/mol. The summed E-state index contributed by atoms with van der Waals surface area (Å²) in [7, 11) is -1.80. The van der Waals surface area contributed by atoms with Gasteiger partial charge >= 0.3 is 0 Å². The second kappa shape index (κ2) is 11.5. The number of hydrogen-bond donors (Lipinski definition) is 0. The van der Waals surface area contributed by atoms with Gasteiger partial charge in [-0.3, -0.25) is 4.90 Å². The van der Waals surface area contributed by atoms with Crippen LogP contribution in [0.15, 0.2) is 12.3 Å². The molecule has 2 aliphatic rings. The Hall–Kier alpha value is -2.37. The van der Waals surface area contributed by atoms with Gasteiger partial charge in [0.15, 0.2) is 9.84 Å². The average molecular weight is 590 g/mol. The molecular formula is C29H40FN5O3S2. The van der Waals surface area contributed by atoms with E-state index in [-0.39, 0.29) is 11.7 Å². The number of fused-ring (bicyclic) bond motifs is 1. The fourth-order valence-electron chi connectivity index (χ4n) is 5.94. The van der Waals surface area contributed by atoms with Crippen molar-refractivity contribution in [1.29, 1.82) is 0 Å². The van der Waals surface area contributed by atoms with E-state index in [4.69, 9.17) is 14.7 Å². The molecule has 3 aromatic rings. The van der Waals surface area contributed by atoms with Gasteiger partial charge in [-0.25, -0.2) is 27.8 Å². The Morgan fingerprint density at radius 1 is 1.12 bits per heavy atom. The van der Waals surface area contributed by atoms with Crippen LogP contribution in [0.3, 0.4) is 0 Å². The third-order valence-corrected chi connectivity index (χ3v) is 10.2. The van der Waals surface area contributed by atoms with Crippen molar-refractivity contribution in [3.63, 3.8) is 0 Å². The van der Waals surface area contributed by atoms with Crippen molar-refractivity contribution in [1.82, 2.24) is 19.9 Å². The number of rotatable bonds is 8. The molecule has 2 saturated heterocycles. The first-order valence-electron chi connectivity index (χ1n) is 14.1. The fourth-order valence-corrected chi connectivity index (χ4v) is 7.82. The van der Waals surface area contributed by atoms with Crippen LogP contribution < -0.4 is 9.64 Å². The Labute approximate surface area is 240 Å². The molecule has 0 radical (unpaired) electrons. The number of aromatic nitrogens is 3. The van der Waals surface area contributed by atoms with Gasteiger partial charge in [0, 0.05) is 53.7 Å². The van der Waals surface area contributed by atoms with Gasteiger partial charge in [0.2, 0.25) is 11.8 Å². The normalized spacial score (nSPS) is 18.0. The Bertz CT molecular complexity index is 1470. The smallest absolute Gasteiger partial charge is 0.226 e. The average Bonchev–Trinajstić information content (AvgIpc) is 3.22. The minimum absolute atomic E-state index is 0.0902. The zero-order chi connectivity index (χ0) is 28.7. The summed E-state index contributed by atoms with van der Waals surface area (Å²) in [5.41, 5.74) is 3.03. The molecule has 0 aliphatic carbocycles. The van der Waals surface area contributed by atoms with Crippen molar-refractivity contribution in [3.05, 3.63) is 28.3 Å². The van der Waals surface area contributed by atoms with Gasteiger partial charge in [0.05, 0.1) is 28.8 Å². The molecule has 3 aromatic heterocycles. The Morgan fingerprint density at radius 3 is 2.45 bits per heavy atom. The maximum absolute atomic E-state index is 14.6. The van der Waals surface area contributed by atoms with Crippen molar-refractivity contribution in [2.75, 3.05) is 44.4 Å². The first-order chi connectivity index (χ1) is 18.9. The fraction of sp³-hybridized carbons (Fsp3) is 0.621. The van der Waals surface area contributed by atoms with E-state index >= 15 is 0 Å². The molecule has 2 aliphatic heterocycles. The molecule has 5 heterocycles. The summed E-state index contributed by atoms with van der Waals surface area (Å²) < 4.78 is 45.2. The lowest BCUT2D eigenvalue weighted by atomic mass is 9.84. The molecule has 0 N–H and O–H groups in total. The molecule has 0 aromatic carbocycles. The Kier molecular flexibility index (Phi) is 8.37. The van der Waals surface area contributed by atoms with Gasteiger partial charge in [-0.1, -0.05) is 0 Å². The van der Waals surface area contributed by atoms with Crippen LogP contribution in [0.2, 0.25) is 0 Å². The lowest BCUT2D eigenvalue weighted by molar-refractivity contribution is 0.0603. The molecule has 0 spiro atoms. The van der Waals surface area contributed by atoms with E-state index in [0.717, 1.165) is 79.9 Å². The van der Waals surface area contributed by atoms with Gasteiger partial charge in [0.1, 0.15) is 5.67 Å². The molecule has 0 bridgehead atoms. The summed E-state index contributed by atoms with van der Waals surface area (Å²) in [4.78, 5) is 20.5. The number of aryl methyl sites for hydroxylation is 1. The number of anilines is 1. The van der Waals surface area contributed by atoms with Gasteiger partial charge < -0.3 is 9.64 Å². The number of sulfone groups is 1. The molecule has 0 unspecified atom stereocenters. The predicted molar refractivity (Wildman–Crippen MR) is 160 cm³/mol. The van der Waals surface area contributed by atoms with E-state index < -0.39 is 15.5 Å². The minimum atomic E-state index is -3.30. The van der Waals surface area contributed by atoms with Crippen LogP contribution in [0.25, 0.3) is 21.5 Å². The number of likely N-dealkylation sites (tertiary alicyclic amines) is 1. The van der Waals surface area contributed by atoms with Gasteiger partial charge in [-0.15, -0.1) is 11.3 Å². The van der Waals surface area contributed by atoms with Gasteiger partial charge in [0.25, 0.3) is 0 Å². The molecule has 218 valence electrons. The van der Waals surface area contributed by atoms with Crippen LogP contribution in [0.1, 0.15) is 62.0 Å². The molecule has 2 fully saturated rings. The number of nitrogens with zero attached hydrogens (tertiary/aromatic N) is 5. The number of thiophene rings is 1. The Morgan fingerprint density at radius 2 is 1.82 bits per heavy atom. The highest BCUT2D eigenvalue weighted by atomic mass is 32.2. The van der Waals surface area contributed by atoms with Crippen LogP contribution in [-0.2, 0) is 22.1 Å². The van der Waals surface area contributed by atoms with E-state index in [1.165, 1.54) is 30.2 Å². The number of halogens is 1. The molecule has 0 saturated carbocycles. The SMILES string of the molecule is COc1ncc(-c2nc(N3CCCCC3)nc3c(CN4CCC(C(C)(C)F)CC4)c(C)sc23)cc1CS(C)(=O)=O. The molecule has 11 heteroatoms. The number of pyridine rings is 1. The first kappa shape index (κ1) is 29.1. The van der Waals surface area contributed by atoms with Crippen molar-refractivity contribution in [2.45, 2.75) is 70.8 Å². The summed E-state index contributed by atoms with van der Waals surface area (Å²) in [6.07, 6.45) is 8.04. The monoisotopic (exact) mass is 589 g/mol. The highest BCUT2D eigenvalue weighted by molar-refractivity contribution is 7.89.